The highest BCUT2D eigenvalue weighted by atomic mass is 35.5. The molecule has 1 atom stereocenters. The Morgan fingerprint density at radius 1 is 1.27 bits per heavy atom. The lowest BCUT2D eigenvalue weighted by atomic mass is 10.1. The third kappa shape index (κ3) is 4.83. The summed E-state index contributed by atoms with van der Waals surface area (Å²) in [5.74, 6) is -0.0150. The number of halogens is 3. The summed E-state index contributed by atoms with van der Waals surface area (Å²) in [7, 11) is 0. The molecule has 1 aliphatic rings. The predicted octanol–water partition coefficient (Wildman–Crippen LogP) is 4.55. The molecule has 0 aromatic heterocycles. The number of morpholine rings is 1. The molecule has 3 rings (SSSR count). The van der Waals surface area contributed by atoms with E-state index in [0.717, 1.165) is 5.56 Å². The van der Waals surface area contributed by atoms with Crippen LogP contribution in [0.15, 0.2) is 48.5 Å². The molecule has 2 aromatic carbocycles. The van der Waals surface area contributed by atoms with Crippen LogP contribution in [-0.4, -0.2) is 37.2 Å². The molecule has 1 aliphatic heterocycles. The first-order chi connectivity index (χ1) is 12.5. The zero-order valence-corrected chi connectivity index (χ0v) is 14.5. The molecule has 1 N–H and O–H groups in total. The minimum Gasteiger partial charge on any atom is -0.435 e. The number of amides is 2. The standard InChI is InChI=1S/C18H17ClF2N2O3/c19-13-6-4-12(5-7-13)16-11-23(8-9-25-16)18(24)22-14-2-1-3-15(10-14)26-17(20)21/h1-7,10,16-17H,8-9,11H2,(H,22,24). The summed E-state index contributed by atoms with van der Waals surface area (Å²) in [5.41, 5.74) is 1.31. The van der Waals surface area contributed by atoms with E-state index in [9.17, 15) is 13.6 Å². The van der Waals surface area contributed by atoms with E-state index in [-0.39, 0.29) is 17.9 Å². The van der Waals surface area contributed by atoms with Crippen molar-refractivity contribution >= 4 is 23.3 Å². The van der Waals surface area contributed by atoms with Crippen molar-refractivity contribution in [3.63, 3.8) is 0 Å². The number of carbonyl (C=O) groups is 1. The maximum Gasteiger partial charge on any atom is 0.387 e. The van der Waals surface area contributed by atoms with Crippen LogP contribution in [0.4, 0.5) is 19.3 Å². The van der Waals surface area contributed by atoms with Gasteiger partial charge in [0.15, 0.2) is 0 Å². The molecule has 0 radical (unpaired) electrons. The monoisotopic (exact) mass is 382 g/mol. The minimum absolute atomic E-state index is 0.0150. The third-order valence-electron chi connectivity index (χ3n) is 3.91. The fourth-order valence-electron chi connectivity index (χ4n) is 2.67. The maximum atomic E-state index is 12.5. The van der Waals surface area contributed by atoms with Gasteiger partial charge in [-0.2, -0.15) is 8.78 Å². The van der Waals surface area contributed by atoms with Gasteiger partial charge in [0.2, 0.25) is 0 Å². The van der Waals surface area contributed by atoms with Gasteiger partial charge in [-0.25, -0.2) is 4.79 Å². The van der Waals surface area contributed by atoms with Crippen LogP contribution in [0.5, 0.6) is 5.75 Å². The number of benzene rings is 2. The molecule has 1 unspecified atom stereocenters. The molecule has 0 bridgehead atoms. The highest BCUT2D eigenvalue weighted by molar-refractivity contribution is 6.30. The smallest absolute Gasteiger partial charge is 0.387 e. The van der Waals surface area contributed by atoms with Crippen LogP contribution >= 0.6 is 11.6 Å². The predicted molar refractivity (Wildman–Crippen MR) is 93.8 cm³/mol. The largest absolute Gasteiger partial charge is 0.435 e. The molecule has 0 saturated carbocycles. The van der Waals surface area contributed by atoms with Crippen molar-refractivity contribution in [1.29, 1.82) is 0 Å². The number of anilines is 1. The van der Waals surface area contributed by atoms with E-state index in [2.05, 4.69) is 10.1 Å². The first-order valence-electron chi connectivity index (χ1n) is 7.99. The highest BCUT2D eigenvalue weighted by Gasteiger charge is 2.25. The Morgan fingerprint density at radius 3 is 2.77 bits per heavy atom. The van der Waals surface area contributed by atoms with Gasteiger partial charge in [-0.05, 0) is 29.8 Å². The van der Waals surface area contributed by atoms with Crippen LogP contribution in [0.2, 0.25) is 5.02 Å². The van der Waals surface area contributed by atoms with E-state index >= 15 is 0 Å². The van der Waals surface area contributed by atoms with Crippen LogP contribution in [0.3, 0.4) is 0 Å². The Kier molecular flexibility index (Phi) is 5.90. The normalized spacial score (nSPS) is 17.2. The molecule has 1 fully saturated rings. The Balaban J connectivity index is 1.63. The summed E-state index contributed by atoms with van der Waals surface area (Å²) in [5, 5.41) is 3.32. The van der Waals surface area contributed by atoms with Crippen molar-refractivity contribution in [2.24, 2.45) is 0 Å². The van der Waals surface area contributed by atoms with Crippen molar-refractivity contribution < 1.29 is 23.0 Å². The Morgan fingerprint density at radius 2 is 2.04 bits per heavy atom. The number of rotatable bonds is 4. The molecule has 5 nitrogen and oxygen atoms in total. The highest BCUT2D eigenvalue weighted by Crippen LogP contribution is 2.25. The number of hydrogen-bond acceptors (Lipinski definition) is 3. The Bertz CT molecular complexity index is 758. The van der Waals surface area contributed by atoms with Crippen molar-refractivity contribution in [1.82, 2.24) is 4.90 Å². The van der Waals surface area contributed by atoms with E-state index < -0.39 is 6.61 Å². The molecular formula is C18H17ClF2N2O3. The zero-order chi connectivity index (χ0) is 18.5. The molecule has 2 aromatic rings. The molecular weight excluding hydrogens is 366 g/mol. The molecule has 1 heterocycles. The number of alkyl halides is 2. The summed E-state index contributed by atoms with van der Waals surface area (Å²) in [6, 6.07) is 12.8. The molecule has 1 saturated heterocycles. The van der Waals surface area contributed by atoms with E-state index in [1.54, 1.807) is 23.1 Å². The van der Waals surface area contributed by atoms with Crippen molar-refractivity contribution in [3.8, 4) is 5.75 Å². The van der Waals surface area contributed by atoms with Crippen LogP contribution in [0, 0.1) is 0 Å². The lowest BCUT2D eigenvalue weighted by Crippen LogP contribution is -2.44. The number of nitrogens with one attached hydrogen (secondary N) is 1. The molecule has 0 spiro atoms. The van der Waals surface area contributed by atoms with E-state index in [1.165, 1.54) is 18.2 Å². The SMILES string of the molecule is O=C(Nc1cccc(OC(F)F)c1)N1CCOC(c2ccc(Cl)cc2)C1. The van der Waals surface area contributed by atoms with Gasteiger partial charge in [-0.15, -0.1) is 0 Å². The van der Waals surface area contributed by atoms with Gasteiger partial charge in [-0.3, -0.25) is 0 Å². The van der Waals surface area contributed by atoms with Crippen LogP contribution < -0.4 is 10.1 Å². The molecule has 2 amide bonds. The number of urea groups is 1. The van der Waals surface area contributed by atoms with Gasteiger partial charge in [0.1, 0.15) is 11.9 Å². The van der Waals surface area contributed by atoms with E-state index in [0.29, 0.717) is 30.4 Å². The third-order valence-corrected chi connectivity index (χ3v) is 4.16. The summed E-state index contributed by atoms with van der Waals surface area (Å²) in [6.07, 6.45) is -0.250. The number of nitrogens with zero attached hydrogens (tertiary/aromatic N) is 1. The number of hydrogen-bond donors (Lipinski definition) is 1. The first-order valence-corrected chi connectivity index (χ1v) is 8.37. The molecule has 0 aliphatic carbocycles. The summed E-state index contributed by atoms with van der Waals surface area (Å²) >= 11 is 5.89. The topological polar surface area (TPSA) is 50.8 Å². The summed E-state index contributed by atoms with van der Waals surface area (Å²) < 4.78 is 34.7. The lowest BCUT2D eigenvalue weighted by Gasteiger charge is -2.33. The van der Waals surface area contributed by atoms with Gasteiger partial charge in [0, 0.05) is 23.3 Å². The van der Waals surface area contributed by atoms with E-state index in [1.807, 2.05) is 12.1 Å². The first kappa shape index (κ1) is 18.4. The molecule has 138 valence electrons. The van der Waals surface area contributed by atoms with Gasteiger partial charge < -0.3 is 19.7 Å². The number of ether oxygens (including phenoxy) is 2. The second-order valence-electron chi connectivity index (χ2n) is 5.69. The zero-order valence-electron chi connectivity index (χ0n) is 13.7. The molecule has 8 heteroatoms. The summed E-state index contributed by atoms with van der Waals surface area (Å²) in [4.78, 5) is 14.1. The van der Waals surface area contributed by atoms with Crippen LogP contribution in [0.1, 0.15) is 11.7 Å². The second-order valence-corrected chi connectivity index (χ2v) is 6.13. The van der Waals surface area contributed by atoms with Crippen LogP contribution in [-0.2, 0) is 4.74 Å². The lowest BCUT2D eigenvalue weighted by molar-refractivity contribution is -0.0498. The second kappa shape index (κ2) is 8.33. The van der Waals surface area contributed by atoms with Crippen molar-refractivity contribution in [2.45, 2.75) is 12.7 Å². The Hall–Kier alpha value is -2.38. The van der Waals surface area contributed by atoms with Gasteiger partial charge in [0.05, 0.1) is 13.2 Å². The number of carbonyl (C=O) groups excluding carboxylic acids is 1. The summed E-state index contributed by atoms with van der Waals surface area (Å²) in [6.45, 7) is -1.71. The van der Waals surface area contributed by atoms with E-state index in [4.69, 9.17) is 16.3 Å². The van der Waals surface area contributed by atoms with Crippen molar-refractivity contribution in [2.75, 3.05) is 25.0 Å². The quantitative estimate of drug-likeness (QED) is 0.844. The Labute approximate surface area is 154 Å². The fraction of sp³-hybridized carbons (Fsp3) is 0.278. The fourth-order valence-corrected chi connectivity index (χ4v) is 2.79. The minimum atomic E-state index is -2.92. The average molecular weight is 383 g/mol. The maximum absolute atomic E-state index is 12.5. The van der Waals surface area contributed by atoms with Crippen molar-refractivity contribution in [3.05, 3.63) is 59.1 Å². The van der Waals surface area contributed by atoms with Gasteiger partial charge in [-0.1, -0.05) is 29.8 Å². The van der Waals surface area contributed by atoms with Crippen LogP contribution in [0.25, 0.3) is 0 Å². The van der Waals surface area contributed by atoms with Gasteiger partial charge in [0.25, 0.3) is 0 Å². The average Bonchev–Trinajstić information content (AvgIpc) is 2.62. The molecule has 26 heavy (non-hydrogen) atoms. The van der Waals surface area contributed by atoms with Gasteiger partial charge >= 0.3 is 12.6 Å².